The molecule has 2 aliphatic heterocycles. The van der Waals surface area contributed by atoms with Gasteiger partial charge in [0.2, 0.25) is 0 Å². The van der Waals surface area contributed by atoms with E-state index in [0.29, 0.717) is 5.41 Å². The molecule has 44 heavy (non-hydrogen) atoms. The number of fused-ring (bicyclic) bond motifs is 1. The van der Waals surface area contributed by atoms with Crippen LogP contribution in [0.25, 0.3) is 11.1 Å². The number of carboxylic acid groups (broad SMARTS) is 1. The second-order valence-corrected chi connectivity index (χ2v) is 13.7. The van der Waals surface area contributed by atoms with Crippen molar-refractivity contribution in [1.29, 1.82) is 0 Å². The first-order valence-corrected chi connectivity index (χ1v) is 15.9. The number of aryl methyl sites for hydroxylation is 2. The van der Waals surface area contributed by atoms with Gasteiger partial charge in [0.1, 0.15) is 18.0 Å². The van der Waals surface area contributed by atoms with Crippen molar-refractivity contribution >= 4 is 23.3 Å². The van der Waals surface area contributed by atoms with Gasteiger partial charge in [0, 0.05) is 68.4 Å². The highest BCUT2D eigenvalue weighted by molar-refractivity contribution is 5.86. The Hall–Kier alpha value is -3.72. The zero-order valence-corrected chi connectivity index (χ0v) is 27.7. The highest BCUT2D eigenvalue weighted by Crippen LogP contribution is 2.42. The summed E-state index contributed by atoms with van der Waals surface area (Å²) in [6.07, 6.45) is 5.80. The lowest BCUT2D eigenvalue weighted by Gasteiger charge is -2.40. The minimum atomic E-state index is -0.818. The largest absolute Gasteiger partial charge is 0.481 e. The molecular formula is C35H49N7O2. The molecule has 9 heteroatoms. The Morgan fingerprint density at radius 1 is 0.955 bits per heavy atom. The predicted octanol–water partition coefficient (Wildman–Crippen LogP) is 5.36. The minimum absolute atomic E-state index is 0.0208. The van der Waals surface area contributed by atoms with Crippen molar-refractivity contribution in [1.82, 2.24) is 19.9 Å². The molecule has 9 nitrogen and oxygen atoms in total. The van der Waals surface area contributed by atoms with E-state index in [1.54, 1.807) is 6.33 Å². The van der Waals surface area contributed by atoms with E-state index in [1.165, 1.54) is 11.1 Å². The summed E-state index contributed by atoms with van der Waals surface area (Å²) in [6, 6.07) is 8.86. The predicted molar refractivity (Wildman–Crippen MR) is 179 cm³/mol. The molecule has 3 aromatic rings. The number of rotatable bonds is 10. The molecule has 0 spiro atoms. The third-order valence-electron chi connectivity index (χ3n) is 9.38. The van der Waals surface area contributed by atoms with Crippen molar-refractivity contribution in [2.75, 3.05) is 68.6 Å². The first kappa shape index (κ1) is 31.7. The standard InChI is InChI=1S/C35H49N7O2/c1-24-29(20-32(43)44)34(41-17-12-35(3,4)13-18-41)33(25(2)38-24)27-9-10-28-22-42(16-11-26(28)19-27)31-21-30(36-23-37-31)40(7)15-8-14-39(5)6/h9-10,19,21,23H,8,11-18,20,22H2,1-7H3,(H,43,44). The van der Waals surface area contributed by atoms with Gasteiger partial charge in [-0.2, -0.15) is 0 Å². The molecule has 0 aliphatic carbocycles. The Balaban J connectivity index is 1.42. The number of nitrogens with zero attached hydrogens (tertiary/aromatic N) is 7. The van der Waals surface area contributed by atoms with Crippen LogP contribution >= 0.6 is 0 Å². The van der Waals surface area contributed by atoms with Gasteiger partial charge in [-0.15, -0.1) is 0 Å². The van der Waals surface area contributed by atoms with Crippen molar-refractivity contribution < 1.29 is 9.90 Å². The highest BCUT2D eigenvalue weighted by Gasteiger charge is 2.30. The van der Waals surface area contributed by atoms with Crippen molar-refractivity contribution in [2.45, 2.75) is 66.3 Å². The fourth-order valence-corrected chi connectivity index (χ4v) is 6.62. The zero-order valence-electron chi connectivity index (χ0n) is 27.7. The topological polar surface area (TPSA) is 88.9 Å². The maximum atomic E-state index is 12.0. The number of benzene rings is 1. The molecule has 0 amide bonds. The number of carbonyl (C=O) groups is 1. The monoisotopic (exact) mass is 599 g/mol. The van der Waals surface area contributed by atoms with Crippen LogP contribution in [0.15, 0.2) is 30.6 Å². The molecule has 4 heterocycles. The lowest BCUT2D eigenvalue weighted by molar-refractivity contribution is -0.136. The van der Waals surface area contributed by atoms with Crippen LogP contribution in [0.1, 0.15) is 61.2 Å². The summed E-state index contributed by atoms with van der Waals surface area (Å²) in [5.41, 5.74) is 8.80. The fourth-order valence-electron chi connectivity index (χ4n) is 6.62. The van der Waals surface area contributed by atoms with E-state index >= 15 is 0 Å². The summed E-state index contributed by atoms with van der Waals surface area (Å²) in [5.74, 6) is 1.08. The lowest BCUT2D eigenvalue weighted by Crippen LogP contribution is -2.38. The lowest BCUT2D eigenvalue weighted by atomic mass is 9.82. The van der Waals surface area contributed by atoms with Crippen molar-refractivity contribution in [3.8, 4) is 11.1 Å². The maximum Gasteiger partial charge on any atom is 0.307 e. The van der Waals surface area contributed by atoms with E-state index in [1.807, 2.05) is 6.92 Å². The summed E-state index contributed by atoms with van der Waals surface area (Å²) in [4.78, 5) is 35.2. The number of carboxylic acids is 1. The number of piperidine rings is 1. The normalized spacial score (nSPS) is 16.3. The number of anilines is 3. The van der Waals surface area contributed by atoms with Crippen LogP contribution in [0.3, 0.4) is 0 Å². The molecule has 0 radical (unpaired) electrons. The summed E-state index contributed by atoms with van der Waals surface area (Å²) >= 11 is 0. The molecule has 1 saturated heterocycles. The number of aliphatic carboxylic acids is 1. The molecule has 236 valence electrons. The number of hydrogen-bond acceptors (Lipinski definition) is 8. The number of aromatic nitrogens is 3. The van der Waals surface area contributed by atoms with Gasteiger partial charge in [0.05, 0.1) is 12.1 Å². The first-order chi connectivity index (χ1) is 20.9. The van der Waals surface area contributed by atoms with Crippen molar-refractivity contribution in [3.05, 3.63) is 58.7 Å². The fraction of sp³-hybridized carbons (Fsp3) is 0.543. The smallest absolute Gasteiger partial charge is 0.307 e. The van der Waals surface area contributed by atoms with Crippen LogP contribution in [-0.4, -0.2) is 84.8 Å². The Bertz CT molecular complexity index is 1490. The number of pyridine rings is 1. The van der Waals surface area contributed by atoms with Crippen molar-refractivity contribution in [3.63, 3.8) is 0 Å². The molecule has 0 unspecified atom stereocenters. The Kier molecular flexibility index (Phi) is 9.44. The molecule has 0 atom stereocenters. The molecular weight excluding hydrogens is 550 g/mol. The van der Waals surface area contributed by atoms with Crippen LogP contribution in [0.2, 0.25) is 0 Å². The van der Waals surface area contributed by atoms with Gasteiger partial charge in [0.25, 0.3) is 0 Å². The summed E-state index contributed by atoms with van der Waals surface area (Å²) in [7, 11) is 6.30. The van der Waals surface area contributed by atoms with Crippen LogP contribution < -0.4 is 14.7 Å². The third kappa shape index (κ3) is 7.15. The minimum Gasteiger partial charge on any atom is -0.481 e. The van der Waals surface area contributed by atoms with Gasteiger partial charge in [-0.1, -0.05) is 32.0 Å². The number of hydrogen-bond donors (Lipinski definition) is 1. The summed E-state index contributed by atoms with van der Waals surface area (Å²) in [6.45, 7) is 14.2. The van der Waals surface area contributed by atoms with E-state index in [-0.39, 0.29) is 6.42 Å². The third-order valence-corrected chi connectivity index (χ3v) is 9.38. The second-order valence-electron chi connectivity index (χ2n) is 13.7. The van der Waals surface area contributed by atoms with Gasteiger partial charge in [-0.3, -0.25) is 9.78 Å². The first-order valence-electron chi connectivity index (χ1n) is 15.9. The van der Waals surface area contributed by atoms with Gasteiger partial charge in [-0.05, 0) is 82.3 Å². The van der Waals surface area contributed by atoms with Gasteiger partial charge in [0.15, 0.2) is 0 Å². The molecule has 1 aromatic carbocycles. The van der Waals surface area contributed by atoms with E-state index in [0.717, 1.165) is 110 Å². The van der Waals surface area contributed by atoms with Crippen LogP contribution in [0.4, 0.5) is 17.3 Å². The molecule has 0 bridgehead atoms. The summed E-state index contributed by atoms with van der Waals surface area (Å²) in [5, 5.41) is 9.85. The SMILES string of the molecule is Cc1nc(C)c(-c2ccc3c(c2)CCN(c2cc(N(C)CCCN(C)C)ncn2)C3)c(N2CCC(C)(C)CC2)c1CC(=O)O. The Labute approximate surface area is 262 Å². The van der Waals surface area contributed by atoms with E-state index < -0.39 is 5.97 Å². The average Bonchev–Trinajstić information content (AvgIpc) is 2.97. The second kappa shape index (κ2) is 13.1. The highest BCUT2D eigenvalue weighted by atomic mass is 16.4. The quantitative estimate of drug-likeness (QED) is 0.331. The van der Waals surface area contributed by atoms with Crippen molar-refractivity contribution in [2.24, 2.45) is 5.41 Å². The zero-order chi connectivity index (χ0) is 31.6. The van der Waals surface area contributed by atoms with Crippen LogP contribution in [0.5, 0.6) is 0 Å². The molecule has 2 aromatic heterocycles. The molecule has 1 N–H and O–H groups in total. The van der Waals surface area contributed by atoms with E-state index in [4.69, 9.17) is 4.98 Å². The van der Waals surface area contributed by atoms with Crippen LogP contribution in [-0.2, 0) is 24.2 Å². The molecule has 2 aliphatic rings. The Morgan fingerprint density at radius 3 is 2.41 bits per heavy atom. The average molecular weight is 600 g/mol. The maximum absolute atomic E-state index is 12.0. The van der Waals surface area contributed by atoms with E-state index in [9.17, 15) is 9.90 Å². The van der Waals surface area contributed by atoms with E-state index in [2.05, 4.69) is 95.7 Å². The van der Waals surface area contributed by atoms with Crippen LogP contribution in [0, 0.1) is 19.3 Å². The van der Waals surface area contributed by atoms with Gasteiger partial charge >= 0.3 is 5.97 Å². The molecule has 0 saturated carbocycles. The Morgan fingerprint density at radius 2 is 1.70 bits per heavy atom. The molecule has 5 rings (SSSR count). The summed E-state index contributed by atoms with van der Waals surface area (Å²) < 4.78 is 0. The van der Waals surface area contributed by atoms with Gasteiger partial charge < -0.3 is 24.7 Å². The van der Waals surface area contributed by atoms with Gasteiger partial charge in [-0.25, -0.2) is 9.97 Å². The molecule has 1 fully saturated rings.